The largest absolute Gasteiger partial charge is 0.361 e. The zero-order chi connectivity index (χ0) is 19.4. The van der Waals surface area contributed by atoms with E-state index in [2.05, 4.69) is 31.4 Å². The molecule has 0 saturated carbocycles. The van der Waals surface area contributed by atoms with Gasteiger partial charge in [-0.1, -0.05) is 45.0 Å². The predicted octanol–water partition coefficient (Wildman–Crippen LogP) is 4.05. The highest BCUT2D eigenvalue weighted by Gasteiger charge is 2.35. The van der Waals surface area contributed by atoms with Gasteiger partial charge in [0.2, 0.25) is 0 Å². The van der Waals surface area contributed by atoms with Crippen molar-refractivity contribution in [1.82, 2.24) is 10.2 Å². The van der Waals surface area contributed by atoms with E-state index < -0.39 is 0 Å². The van der Waals surface area contributed by atoms with Crippen molar-refractivity contribution in [3.63, 3.8) is 0 Å². The van der Waals surface area contributed by atoms with E-state index in [4.69, 9.17) is 0 Å². The summed E-state index contributed by atoms with van der Waals surface area (Å²) in [4.78, 5) is 26.9. The number of hydrogen-bond donors (Lipinski definition) is 2. The normalized spacial score (nSPS) is 15.8. The van der Waals surface area contributed by atoms with Crippen molar-refractivity contribution in [2.75, 3.05) is 18.4 Å². The molecule has 2 amide bonds. The van der Waals surface area contributed by atoms with Crippen LogP contribution in [-0.2, 0) is 0 Å². The van der Waals surface area contributed by atoms with Gasteiger partial charge in [0.1, 0.15) is 6.17 Å². The van der Waals surface area contributed by atoms with Crippen LogP contribution in [0.25, 0.3) is 0 Å². The first-order chi connectivity index (χ1) is 13.0. The molecule has 0 radical (unpaired) electrons. The summed E-state index contributed by atoms with van der Waals surface area (Å²) in [5.74, 6) is 0.371. The lowest BCUT2D eigenvalue weighted by molar-refractivity contribution is 0.0742. The number of nitrogens with one attached hydrogen (secondary N) is 2. The first-order valence-corrected chi connectivity index (χ1v) is 9.56. The van der Waals surface area contributed by atoms with Crippen LogP contribution in [-0.4, -0.2) is 29.8 Å². The van der Waals surface area contributed by atoms with Crippen LogP contribution in [0.3, 0.4) is 0 Å². The molecule has 1 atom stereocenters. The fourth-order valence-corrected chi connectivity index (χ4v) is 3.30. The van der Waals surface area contributed by atoms with Crippen LogP contribution in [0.1, 0.15) is 59.6 Å². The van der Waals surface area contributed by atoms with Crippen LogP contribution in [0.15, 0.2) is 48.5 Å². The third-order valence-electron chi connectivity index (χ3n) is 4.62. The molecule has 3 rings (SSSR count). The van der Waals surface area contributed by atoms with E-state index in [-0.39, 0.29) is 18.0 Å². The minimum atomic E-state index is -0.220. The molecule has 0 aliphatic carbocycles. The summed E-state index contributed by atoms with van der Waals surface area (Å²) >= 11 is 0. The van der Waals surface area contributed by atoms with Gasteiger partial charge in [0, 0.05) is 35.5 Å². The van der Waals surface area contributed by atoms with Gasteiger partial charge in [-0.25, -0.2) is 0 Å². The summed E-state index contributed by atoms with van der Waals surface area (Å²) in [6.45, 7) is 7.52. The Kier molecular flexibility index (Phi) is 5.79. The summed E-state index contributed by atoms with van der Waals surface area (Å²) in [5.41, 5.74) is 3.16. The maximum atomic E-state index is 12.7. The quantitative estimate of drug-likeness (QED) is 0.778. The van der Waals surface area contributed by atoms with Crippen LogP contribution in [0.2, 0.25) is 0 Å². The lowest BCUT2D eigenvalue weighted by Gasteiger charge is -2.27. The third kappa shape index (κ3) is 4.13. The van der Waals surface area contributed by atoms with Gasteiger partial charge >= 0.3 is 0 Å². The Morgan fingerprint density at radius 1 is 1.15 bits per heavy atom. The molecule has 2 N–H and O–H groups in total. The second-order valence-electron chi connectivity index (χ2n) is 7.32. The average molecular weight is 365 g/mol. The maximum absolute atomic E-state index is 12.7. The van der Waals surface area contributed by atoms with E-state index in [1.165, 1.54) is 0 Å². The molecule has 1 unspecified atom stereocenters. The average Bonchev–Trinajstić information content (AvgIpc) is 2.93. The Hall–Kier alpha value is -2.82. The molecule has 1 aliphatic rings. The Balaban J connectivity index is 1.82. The number of amides is 2. The topological polar surface area (TPSA) is 61.4 Å². The lowest BCUT2D eigenvalue weighted by atomic mass is 10.1. The molecule has 5 nitrogen and oxygen atoms in total. The second kappa shape index (κ2) is 8.25. The molecule has 1 heterocycles. The fourth-order valence-electron chi connectivity index (χ4n) is 3.30. The number of anilines is 1. The van der Waals surface area contributed by atoms with E-state index in [9.17, 15) is 9.59 Å². The lowest BCUT2D eigenvalue weighted by Crippen LogP contribution is -2.33. The Morgan fingerprint density at radius 2 is 1.93 bits per heavy atom. The summed E-state index contributed by atoms with van der Waals surface area (Å²) < 4.78 is 0. The van der Waals surface area contributed by atoms with Gasteiger partial charge in [-0.05, 0) is 36.6 Å². The predicted molar refractivity (Wildman–Crippen MR) is 108 cm³/mol. The van der Waals surface area contributed by atoms with Crippen molar-refractivity contribution in [3.05, 3.63) is 65.2 Å². The number of fused-ring (bicyclic) bond motifs is 1. The molecule has 1 aliphatic heterocycles. The van der Waals surface area contributed by atoms with Crippen LogP contribution in [0.5, 0.6) is 0 Å². The number of rotatable bonds is 7. The first-order valence-electron chi connectivity index (χ1n) is 9.56. The molecule has 0 saturated heterocycles. The molecule has 0 bridgehead atoms. The Bertz CT molecular complexity index is 832. The molecule has 5 heteroatoms. The zero-order valence-corrected chi connectivity index (χ0v) is 16.2. The number of carbonyl (C=O) groups is 2. The van der Waals surface area contributed by atoms with Gasteiger partial charge in [-0.2, -0.15) is 0 Å². The molecule has 2 aromatic rings. The van der Waals surface area contributed by atoms with Gasteiger partial charge < -0.3 is 15.5 Å². The second-order valence-corrected chi connectivity index (χ2v) is 7.32. The molecule has 2 aromatic carbocycles. The minimum absolute atomic E-state index is 0.0516. The summed E-state index contributed by atoms with van der Waals surface area (Å²) in [5, 5.41) is 6.39. The smallest absolute Gasteiger partial charge is 0.256 e. The first kappa shape index (κ1) is 19.0. The van der Waals surface area contributed by atoms with Crippen molar-refractivity contribution >= 4 is 17.5 Å². The van der Waals surface area contributed by atoms with Gasteiger partial charge in [-0.3, -0.25) is 9.59 Å². The highest BCUT2D eigenvalue weighted by Crippen LogP contribution is 2.34. The molecular weight excluding hydrogens is 338 g/mol. The Morgan fingerprint density at radius 3 is 2.67 bits per heavy atom. The van der Waals surface area contributed by atoms with E-state index in [1.54, 1.807) is 6.07 Å². The van der Waals surface area contributed by atoms with Gasteiger partial charge in [0.25, 0.3) is 11.8 Å². The van der Waals surface area contributed by atoms with Crippen LogP contribution < -0.4 is 10.6 Å². The summed E-state index contributed by atoms with van der Waals surface area (Å²) in [6, 6.07) is 15.1. The minimum Gasteiger partial charge on any atom is -0.361 e. The van der Waals surface area contributed by atoms with Crippen LogP contribution >= 0.6 is 0 Å². The van der Waals surface area contributed by atoms with Gasteiger partial charge in [0.15, 0.2) is 0 Å². The molecule has 0 aromatic heterocycles. The number of hydrogen-bond acceptors (Lipinski definition) is 3. The highest BCUT2D eigenvalue weighted by molar-refractivity contribution is 5.99. The molecule has 27 heavy (non-hydrogen) atoms. The van der Waals surface area contributed by atoms with E-state index >= 15 is 0 Å². The van der Waals surface area contributed by atoms with E-state index in [1.807, 2.05) is 47.4 Å². The number of benzene rings is 2. The summed E-state index contributed by atoms with van der Waals surface area (Å²) in [6.07, 6.45) is 0.665. The van der Waals surface area contributed by atoms with Crippen molar-refractivity contribution in [2.45, 2.75) is 33.4 Å². The van der Waals surface area contributed by atoms with E-state index in [0.29, 0.717) is 24.6 Å². The third-order valence-corrected chi connectivity index (χ3v) is 4.62. The number of carbonyl (C=O) groups excluding carboxylic acids is 2. The van der Waals surface area contributed by atoms with Crippen LogP contribution in [0, 0.1) is 5.92 Å². The molecule has 0 spiro atoms. The number of nitrogens with zero attached hydrogens (tertiary/aromatic N) is 1. The van der Waals surface area contributed by atoms with Crippen molar-refractivity contribution in [2.24, 2.45) is 5.92 Å². The van der Waals surface area contributed by atoms with E-state index in [0.717, 1.165) is 23.2 Å². The van der Waals surface area contributed by atoms with Crippen molar-refractivity contribution in [3.8, 4) is 0 Å². The SMILES string of the molecule is CCCN1C(=O)c2ccccc2C1Nc1cccc(C(=O)NCC(C)C)c1. The monoisotopic (exact) mass is 365 g/mol. The maximum Gasteiger partial charge on any atom is 0.256 e. The molecule has 142 valence electrons. The standard InChI is InChI=1S/C22H27N3O2/c1-4-12-25-20(18-10-5-6-11-19(18)22(25)27)24-17-9-7-8-16(13-17)21(26)23-14-15(2)3/h5-11,13,15,20,24H,4,12,14H2,1-3H3,(H,23,26). The molecule has 0 fully saturated rings. The fraction of sp³-hybridized carbons (Fsp3) is 0.364. The zero-order valence-electron chi connectivity index (χ0n) is 16.2. The highest BCUT2D eigenvalue weighted by atomic mass is 16.2. The van der Waals surface area contributed by atoms with Gasteiger partial charge in [-0.15, -0.1) is 0 Å². The van der Waals surface area contributed by atoms with Crippen molar-refractivity contribution < 1.29 is 9.59 Å². The van der Waals surface area contributed by atoms with Gasteiger partial charge in [0.05, 0.1) is 0 Å². The Labute approximate surface area is 160 Å². The summed E-state index contributed by atoms with van der Waals surface area (Å²) in [7, 11) is 0. The molecular formula is C22H27N3O2. The van der Waals surface area contributed by atoms with Crippen molar-refractivity contribution in [1.29, 1.82) is 0 Å². The van der Waals surface area contributed by atoms with Crippen LogP contribution in [0.4, 0.5) is 5.69 Å².